The third-order valence-corrected chi connectivity index (χ3v) is 3.77. The average Bonchev–Trinajstić information content (AvgIpc) is 2.25. The minimum absolute atomic E-state index is 0. The van der Waals surface area contributed by atoms with Gasteiger partial charge >= 0.3 is 0 Å². The van der Waals surface area contributed by atoms with Crippen LogP contribution in [0.5, 0.6) is 0 Å². The molecule has 2 aliphatic heterocycles. The summed E-state index contributed by atoms with van der Waals surface area (Å²) in [6.45, 7) is 7.20. The predicted octanol–water partition coefficient (Wildman–Crippen LogP) is 1.66. The maximum Gasteiger partial charge on any atom is 0.228 e. The molecule has 2 saturated heterocycles. The summed E-state index contributed by atoms with van der Waals surface area (Å²) in [7, 11) is 0. The summed E-state index contributed by atoms with van der Waals surface area (Å²) < 4.78 is 0. The molecular formula is C12H23ClN2O. The van der Waals surface area contributed by atoms with Crippen LogP contribution in [0.15, 0.2) is 0 Å². The van der Waals surface area contributed by atoms with Crippen LogP contribution in [0.3, 0.4) is 0 Å². The van der Waals surface area contributed by atoms with Crippen molar-refractivity contribution in [1.82, 2.24) is 10.2 Å². The van der Waals surface area contributed by atoms with Gasteiger partial charge in [0.15, 0.2) is 0 Å². The Morgan fingerprint density at radius 3 is 2.50 bits per heavy atom. The monoisotopic (exact) mass is 246 g/mol. The zero-order valence-corrected chi connectivity index (χ0v) is 11.1. The normalized spacial score (nSPS) is 31.2. The lowest BCUT2D eigenvalue weighted by atomic mass is 10.00. The van der Waals surface area contributed by atoms with E-state index in [0.29, 0.717) is 17.9 Å². The van der Waals surface area contributed by atoms with Gasteiger partial charge in [0.05, 0.1) is 5.92 Å². The van der Waals surface area contributed by atoms with Gasteiger partial charge in [0.2, 0.25) is 5.91 Å². The standard InChI is InChI=1S/C12H22N2O.ClH/c1-9-4-3-5-10(2)14(8-9)12(15)11-6-13-7-11;/h9-11,13H,3-8H2,1-2H3;1H. The van der Waals surface area contributed by atoms with Gasteiger partial charge in [-0.05, 0) is 25.7 Å². The molecule has 0 bridgehead atoms. The summed E-state index contributed by atoms with van der Waals surface area (Å²) in [4.78, 5) is 14.3. The number of nitrogens with zero attached hydrogens (tertiary/aromatic N) is 1. The Labute approximate surface area is 104 Å². The van der Waals surface area contributed by atoms with Gasteiger partial charge in [0.1, 0.15) is 0 Å². The molecule has 2 rings (SSSR count). The number of hydrogen-bond donors (Lipinski definition) is 1. The average molecular weight is 247 g/mol. The van der Waals surface area contributed by atoms with Gasteiger partial charge in [-0.1, -0.05) is 13.3 Å². The minimum Gasteiger partial charge on any atom is -0.339 e. The van der Waals surface area contributed by atoms with Crippen molar-refractivity contribution in [3.63, 3.8) is 0 Å². The van der Waals surface area contributed by atoms with E-state index in [-0.39, 0.29) is 18.3 Å². The second-order valence-corrected chi connectivity index (χ2v) is 5.23. The van der Waals surface area contributed by atoms with Crippen molar-refractivity contribution in [3.8, 4) is 0 Å². The lowest BCUT2D eigenvalue weighted by Gasteiger charge is -2.35. The first kappa shape index (κ1) is 13.8. The van der Waals surface area contributed by atoms with E-state index >= 15 is 0 Å². The zero-order valence-electron chi connectivity index (χ0n) is 10.2. The van der Waals surface area contributed by atoms with Crippen molar-refractivity contribution in [2.24, 2.45) is 11.8 Å². The summed E-state index contributed by atoms with van der Waals surface area (Å²) in [5.74, 6) is 1.32. The number of likely N-dealkylation sites (tertiary alicyclic amines) is 1. The summed E-state index contributed by atoms with van der Waals surface area (Å²) in [6.07, 6.45) is 3.72. The predicted molar refractivity (Wildman–Crippen MR) is 67.8 cm³/mol. The molecule has 2 heterocycles. The molecule has 0 radical (unpaired) electrons. The Balaban J connectivity index is 0.00000128. The first-order valence-electron chi connectivity index (χ1n) is 6.19. The molecule has 0 aromatic rings. The number of nitrogens with one attached hydrogen (secondary N) is 1. The smallest absolute Gasteiger partial charge is 0.228 e. The fourth-order valence-corrected chi connectivity index (χ4v) is 2.53. The molecule has 4 heteroatoms. The maximum atomic E-state index is 12.2. The largest absolute Gasteiger partial charge is 0.339 e. The van der Waals surface area contributed by atoms with Crippen LogP contribution < -0.4 is 5.32 Å². The van der Waals surface area contributed by atoms with E-state index in [9.17, 15) is 4.79 Å². The van der Waals surface area contributed by atoms with E-state index in [1.165, 1.54) is 19.3 Å². The van der Waals surface area contributed by atoms with E-state index in [1.54, 1.807) is 0 Å². The molecule has 2 atom stereocenters. The Morgan fingerprint density at radius 1 is 1.25 bits per heavy atom. The number of carbonyl (C=O) groups excluding carboxylic acids is 1. The van der Waals surface area contributed by atoms with Crippen molar-refractivity contribution in [1.29, 1.82) is 0 Å². The third-order valence-electron chi connectivity index (χ3n) is 3.77. The van der Waals surface area contributed by atoms with Gasteiger partial charge in [0, 0.05) is 25.7 Å². The minimum atomic E-state index is 0. The fraction of sp³-hybridized carbons (Fsp3) is 0.917. The zero-order chi connectivity index (χ0) is 10.8. The van der Waals surface area contributed by atoms with Gasteiger partial charge in [-0.25, -0.2) is 0 Å². The summed E-state index contributed by atoms with van der Waals surface area (Å²) in [5.41, 5.74) is 0. The highest BCUT2D eigenvalue weighted by Crippen LogP contribution is 2.23. The van der Waals surface area contributed by atoms with Gasteiger partial charge in [0.25, 0.3) is 0 Å². The van der Waals surface area contributed by atoms with Crippen LogP contribution in [0.25, 0.3) is 0 Å². The Kier molecular flexibility index (Phi) is 5.06. The maximum absolute atomic E-state index is 12.2. The molecule has 2 unspecified atom stereocenters. The Morgan fingerprint density at radius 2 is 1.94 bits per heavy atom. The molecule has 1 amide bonds. The lowest BCUT2D eigenvalue weighted by Crippen LogP contribution is -2.54. The SMILES string of the molecule is CC1CCCC(C)N(C(=O)C2CNC2)C1.Cl. The summed E-state index contributed by atoms with van der Waals surface area (Å²) in [5, 5.41) is 3.18. The van der Waals surface area contributed by atoms with Crippen molar-refractivity contribution in [2.75, 3.05) is 19.6 Å². The van der Waals surface area contributed by atoms with Crippen LogP contribution in [0.2, 0.25) is 0 Å². The van der Waals surface area contributed by atoms with E-state index in [1.807, 2.05) is 0 Å². The molecule has 16 heavy (non-hydrogen) atoms. The second-order valence-electron chi connectivity index (χ2n) is 5.23. The Hall–Kier alpha value is -0.280. The van der Waals surface area contributed by atoms with Crippen molar-refractivity contribution in [2.45, 2.75) is 39.2 Å². The number of hydrogen-bond acceptors (Lipinski definition) is 2. The van der Waals surface area contributed by atoms with E-state index < -0.39 is 0 Å². The molecule has 3 nitrogen and oxygen atoms in total. The highest BCUT2D eigenvalue weighted by molar-refractivity contribution is 5.85. The van der Waals surface area contributed by atoms with Crippen molar-refractivity contribution in [3.05, 3.63) is 0 Å². The molecule has 2 fully saturated rings. The molecular weight excluding hydrogens is 224 g/mol. The topological polar surface area (TPSA) is 32.3 Å². The second kappa shape index (κ2) is 5.87. The van der Waals surface area contributed by atoms with Gasteiger partial charge in [-0.15, -0.1) is 12.4 Å². The number of amides is 1. The van der Waals surface area contributed by atoms with Crippen LogP contribution in [0, 0.1) is 11.8 Å². The molecule has 0 spiro atoms. The molecule has 0 aromatic heterocycles. The number of halogens is 1. The first-order valence-corrected chi connectivity index (χ1v) is 6.19. The Bertz CT molecular complexity index is 243. The molecule has 0 aliphatic carbocycles. The van der Waals surface area contributed by atoms with Gasteiger partial charge in [-0.3, -0.25) is 4.79 Å². The van der Waals surface area contributed by atoms with Crippen molar-refractivity contribution < 1.29 is 4.79 Å². The van der Waals surface area contributed by atoms with E-state index in [2.05, 4.69) is 24.1 Å². The lowest BCUT2D eigenvalue weighted by molar-refractivity contribution is -0.139. The molecule has 0 saturated carbocycles. The van der Waals surface area contributed by atoms with Crippen molar-refractivity contribution >= 4 is 18.3 Å². The fourth-order valence-electron chi connectivity index (χ4n) is 2.53. The van der Waals surface area contributed by atoms with Gasteiger partial charge < -0.3 is 10.2 Å². The molecule has 2 aliphatic rings. The summed E-state index contributed by atoms with van der Waals surface area (Å²) in [6, 6.07) is 0.447. The summed E-state index contributed by atoms with van der Waals surface area (Å²) >= 11 is 0. The van der Waals surface area contributed by atoms with E-state index in [0.717, 1.165) is 19.6 Å². The van der Waals surface area contributed by atoms with Crippen LogP contribution in [0.4, 0.5) is 0 Å². The third kappa shape index (κ3) is 2.89. The molecule has 1 N–H and O–H groups in total. The van der Waals surface area contributed by atoms with Gasteiger partial charge in [-0.2, -0.15) is 0 Å². The first-order chi connectivity index (χ1) is 7.18. The highest BCUT2D eigenvalue weighted by atomic mass is 35.5. The number of carbonyl (C=O) groups is 1. The highest BCUT2D eigenvalue weighted by Gasteiger charge is 2.33. The molecule has 94 valence electrons. The van der Waals surface area contributed by atoms with Crippen LogP contribution in [-0.4, -0.2) is 36.5 Å². The quantitative estimate of drug-likeness (QED) is 0.763. The van der Waals surface area contributed by atoms with E-state index in [4.69, 9.17) is 0 Å². The van der Waals surface area contributed by atoms with Crippen LogP contribution in [-0.2, 0) is 4.79 Å². The number of rotatable bonds is 1. The van der Waals surface area contributed by atoms with Crippen LogP contribution >= 0.6 is 12.4 Å². The molecule has 0 aromatic carbocycles. The van der Waals surface area contributed by atoms with Crippen LogP contribution in [0.1, 0.15) is 33.1 Å².